The van der Waals surface area contributed by atoms with Crippen LogP contribution < -0.4 is 5.32 Å². The Hall–Kier alpha value is -3.37. The molecular formula is C18H23NO10. The summed E-state index contributed by atoms with van der Waals surface area (Å²) in [7, 11) is 1.16. The third kappa shape index (κ3) is 7.64. The fraction of sp³-hybridized carbons (Fsp3) is 0.500. The predicted octanol–water partition coefficient (Wildman–Crippen LogP) is 0.670. The van der Waals surface area contributed by atoms with Crippen molar-refractivity contribution in [2.75, 3.05) is 13.7 Å². The van der Waals surface area contributed by atoms with E-state index in [0.717, 1.165) is 27.9 Å². The molecule has 0 unspecified atom stereocenters. The van der Waals surface area contributed by atoms with Gasteiger partial charge in [-0.05, 0) is 12.1 Å². The van der Waals surface area contributed by atoms with Crippen LogP contribution in [-0.2, 0) is 38.1 Å². The average molecular weight is 413 g/mol. The maximum absolute atomic E-state index is 11.7. The van der Waals surface area contributed by atoms with E-state index in [4.69, 9.17) is 18.6 Å². The molecule has 0 saturated carbocycles. The van der Waals surface area contributed by atoms with Gasteiger partial charge in [-0.2, -0.15) is 0 Å². The van der Waals surface area contributed by atoms with Crippen molar-refractivity contribution in [2.24, 2.45) is 0 Å². The van der Waals surface area contributed by atoms with Gasteiger partial charge in [0.05, 0.1) is 7.11 Å². The summed E-state index contributed by atoms with van der Waals surface area (Å²) in [4.78, 5) is 57.8. The molecule has 1 aromatic heterocycles. The minimum atomic E-state index is -1.34. The van der Waals surface area contributed by atoms with E-state index in [1.807, 2.05) is 0 Å². The van der Waals surface area contributed by atoms with Gasteiger partial charge < -0.3 is 28.7 Å². The third-order valence-electron chi connectivity index (χ3n) is 3.44. The van der Waals surface area contributed by atoms with Crippen molar-refractivity contribution in [3.63, 3.8) is 0 Å². The number of carbonyl (C=O) groups is 5. The van der Waals surface area contributed by atoms with Crippen molar-refractivity contribution >= 4 is 29.8 Å². The maximum atomic E-state index is 11.7. The lowest BCUT2D eigenvalue weighted by Crippen LogP contribution is -2.47. The number of amides is 1. The van der Waals surface area contributed by atoms with Gasteiger partial charge in [0, 0.05) is 27.7 Å². The molecule has 160 valence electrons. The lowest BCUT2D eigenvalue weighted by molar-refractivity contribution is -0.176. The molecule has 11 nitrogen and oxygen atoms in total. The van der Waals surface area contributed by atoms with Crippen LogP contribution in [0, 0.1) is 0 Å². The summed E-state index contributed by atoms with van der Waals surface area (Å²) in [6.07, 6.45) is -2.61. The van der Waals surface area contributed by atoms with Crippen LogP contribution in [0.25, 0.3) is 0 Å². The minimum absolute atomic E-state index is 0.0202. The van der Waals surface area contributed by atoms with Gasteiger partial charge in [-0.3, -0.25) is 19.2 Å². The number of nitrogens with one attached hydrogen (secondary N) is 1. The van der Waals surface area contributed by atoms with Gasteiger partial charge in [0.15, 0.2) is 12.2 Å². The predicted molar refractivity (Wildman–Crippen MR) is 94.3 cm³/mol. The van der Waals surface area contributed by atoms with Crippen LogP contribution in [0.2, 0.25) is 0 Å². The zero-order valence-corrected chi connectivity index (χ0v) is 16.7. The minimum Gasteiger partial charge on any atom is -0.463 e. The fourth-order valence-corrected chi connectivity index (χ4v) is 2.42. The molecule has 0 aliphatic heterocycles. The van der Waals surface area contributed by atoms with Gasteiger partial charge >= 0.3 is 23.9 Å². The van der Waals surface area contributed by atoms with Gasteiger partial charge in [0.25, 0.3) is 0 Å². The van der Waals surface area contributed by atoms with Crippen LogP contribution in [0.15, 0.2) is 16.5 Å². The first-order chi connectivity index (χ1) is 13.5. The summed E-state index contributed by atoms with van der Waals surface area (Å²) in [5, 5.41) is 2.52. The number of hydrogen-bond acceptors (Lipinski definition) is 10. The van der Waals surface area contributed by atoms with E-state index in [1.165, 1.54) is 19.1 Å². The summed E-state index contributed by atoms with van der Waals surface area (Å²) in [6, 6.07) is 1.49. The van der Waals surface area contributed by atoms with E-state index in [2.05, 4.69) is 10.1 Å². The Morgan fingerprint density at radius 1 is 0.966 bits per heavy atom. The molecule has 0 aromatic carbocycles. The standard InChI is InChI=1S/C18H23NO10/c1-9(20)19-16(13-6-7-14(29-13)18(24)25-5)17(28-12(4)23)15(27-11(3)22)8-26-10(2)21/h6-7,15-17H,8H2,1-5H3,(H,19,20)/t15-,16-,17-/m1/s1. The normalized spacial score (nSPS) is 13.4. The first-order valence-corrected chi connectivity index (χ1v) is 8.48. The molecule has 3 atom stereocenters. The van der Waals surface area contributed by atoms with Crippen LogP contribution in [0.1, 0.15) is 50.1 Å². The molecule has 29 heavy (non-hydrogen) atoms. The highest BCUT2D eigenvalue weighted by atomic mass is 16.6. The van der Waals surface area contributed by atoms with Crippen molar-refractivity contribution in [2.45, 2.75) is 45.9 Å². The largest absolute Gasteiger partial charge is 0.463 e. The van der Waals surface area contributed by atoms with E-state index in [-0.39, 0.29) is 11.5 Å². The zero-order valence-electron chi connectivity index (χ0n) is 16.7. The quantitative estimate of drug-likeness (QED) is 0.452. The molecule has 0 aliphatic carbocycles. The second kappa shape index (κ2) is 10.8. The molecule has 1 heterocycles. The number of furan rings is 1. The van der Waals surface area contributed by atoms with Crippen molar-refractivity contribution in [1.82, 2.24) is 5.32 Å². The smallest absolute Gasteiger partial charge is 0.373 e. The molecule has 1 amide bonds. The van der Waals surface area contributed by atoms with Crippen LogP contribution in [0.5, 0.6) is 0 Å². The SMILES string of the molecule is COC(=O)c1ccc([C@@H](NC(C)=O)[C@H](OC(C)=O)[C@@H](COC(C)=O)OC(C)=O)o1. The van der Waals surface area contributed by atoms with Crippen molar-refractivity contribution in [1.29, 1.82) is 0 Å². The second-order valence-electron chi connectivity index (χ2n) is 5.90. The van der Waals surface area contributed by atoms with Gasteiger partial charge in [-0.1, -0.05) is 0 Å². The Bertz CT molecular complexity index is 768. The molecule has 0 aliphatic rings. The van der Waals surface area contributed by atoms with Crippen LogP contribution >= 0.6 is 0 Å². The lowest BCUT2D eigenvalue weighted by Gasteiger charge is -2.31. The van der Waals surface area contributed by atoms with Gasteiger partial charge in [0.2, 0.25) is 11.7 Å². The number of esters is 4. The van der Waals surface area contributed by atoms with Crippen LogP contribution in [0.3, 0.4) is 0 Å². The lowest BCUT2D eigenvalue weighted by atomic mass is 10.0. The third-order valence-corrected chi connectivity index (χ3v) is 3.44. The number of hydrogen-bond donors (Lipinski definition) is 1. The molecule has 0 saturated heterocycles. The summed E-state index contributed by atoms with van der Waals surface area (Å²) >= 11 is 0. The Morgan fingerprint density at radius 3 is 2.07 bits per heavy atom. The van der Waals surface area contributed by atoms with E-state index in [1.54, 1.807) is 0 Å². The summed E-state index contributed by atoms with van der Waals surface area (Å²) < 4.78 is 25.3. The van der Waals surface area contributed by atoms with Crippen molar-refractivity contribution in [3.05, 3.63) is 23.7 Å². The molecule has 0 spiro atoms. The number of carbonyl (C=O) groups excluding carboxylic acids is 5. The fourth-order valence-electron chi connectivity index (χ4n) is 2.42. The highest BCUT2D eigenvalue weighted by Crippen LogP contribution is 2.26. The van der Waals surface area contributed by atoms with Crippen LogP contribution in [-0.4, -0.2) is 55.7 Å². The zero-order chi connectivity index (χ0) is 22.1. The van der Waals surface area contributed by atoms with E-state index in [0.29, 0.717) is 0 Å². The van der Waals surface area contributed by atoms with Gasteiger partial charge in [-0.15, -0.1) is 0 Å². The molecule has 1 N–H and O–H groups in total. The van der Waals surface area contributed by atoms with Crippen molar-refractivity contribution in [3.8, 4) is 0 Å². The number of ether oxygens (including phenoxy) is 4. The summed E-state index contributed by atoms with van der Waals surface area (Å²) in [5.41, 5.74) is 0. The van der Waals surface area contributed by atoms with E-state index in [9.17, 15) is 24.0 Å². The Kier molecular flexibility index (Phi) is 8.84. The second-order valence-corrected chi connectivity index (χ2v) is 5.90. The summed E-state index contributed by atoms with van der Waals surface area (Å²) in [5.74, 6) is -3.60. The number of rotatable bonds is 9. The van der Waals surface area contributed by atoms with Crippen molar-refractivity contribution < 1.29 is 47.3 Å². The molecule has 1 rings (SSSR count). The molecule has 1 aromatic rings. The Balaban J connectivity index is 3.38. The van der Waals surface area contributed by atoms with E-state index < -0.39 is 54.6 Å². The first kappa shape index (κ1) is 23.7. The number of methoxy groups -OCH3 is 1. The first-order valence-electron chi connectivity index (χ1n) is 8.48. The molecule has 0 bridgehead atoms. The highest BCUT2D eigenvalue weighted by Gasteiger charge is 2.39. The monoisotopic (exact) mass is 413 g/mol. The Labute approximate surface area is 166 Å². The van der Waals surface area contributed by atoms with Gasteiger partial charge in [-0.25, -0.2) is 4.79 Å². The maximum Gasteiger partial charge on any atom is 0.373 e. The topological polar surface area (TPSA) is 147 Å². The Morgan fingerprint density at radius 2 is 1.59 bits per heavy atom. The van der Waals surface area contributed by atoms with Crippen LogP contribution in [0.4, 0.5) is 0 Å². The highest BCUT2D eigenvalue weighted by molar-refractivity contribution is 5.86. The molecular weight excluding hydrogens is 390 g/mol. The molecule has 0 fully saturated rings. The molecule has 0 radical (unpaired) electrons. The summed E-state index contributed by atoms with van der Waals surface area (Å²) in [6.45, 7) is 4.12. The molecule has 11 heteroatoms. The van der Waals surface area contributed by atoms with Gasteiger partial charge in [0.1, 0.15) is 18.4 Å². The average Bonchev–Trinajstić information content (AvgIpc) is 3.10. The van der Waals surface area contributed by atoms with E-state index >= 15 is 0 Å².